The van der Waals surface area contributed by atoms with E-state index in [1.807, 2.05) is 39.8 Å². The van der Waals surface area contributed by atoms with Crippen molar-refractivity contribution < 1.29 is 28.7 Å². The van der Waals surface area contributed by atoms with E-state index >= 15 is 0 Å². The molecule has 0 radical (unpaired) electrons. The molecular formula is C33H40N4O6. The topological polar surface area (TPSA) is 142 Å². The fraction of sp³-hybridized carbons (Fsp3) is 0.394. The molecule has 4 heterocycles. The molecule has 0 unspecified atom stereocenters. The number of ether oxygens (including phenoxy) is 2. The second-order valence-electron chi connectivity index (χ2n) is 10.6. The Morgan fingerprint density at radius 2 is 1.02 bits per heavy atom. The predicted molar refractivity (Wildman–Crippen MR) is 164 cm³/mol. The zero-order valence-electron chi connectivity index (χ0n) is 26.1. The smallest absolute Gasteiger partial charge is 0.340 e. The molecule has 2 amide bonds. The third-order valence-corrected chi connectivity index (χ3v) is 8.06. The quantitative estimate of drug-likeness (QED) is 0.278. The number of H-pyrrole nitrogens is 2. The van der Waals surface area contributed by atoms with Crippen LogP contribution in [0.1, 0.15) is 109 Å². The van der Waals surface area contributed by atoms with Crippen LogP contribution in [0.15, 0.2) is 33.7 Å². The van der Waals surface area contributed by atoms with Crippen LogP contribution in [0.3, 0.4) is 0 Å². The maximum atomic E-state index is 13.2. The van der Waals surface area contributed by atoms with Gasteiger partial charge in [-0.25, -0.2) is 9.59 Å². The Bertz CT molecular complexity index is 1520. The van der Waals surface area contributed by atoms with Crippen LogP contribution in [0.5, 0.6) is 0 Å². The molecule has 2 aromatic rings. The number of hydrogen-bond acceptors (Lipinski definition) is 6. The van der Waals surface area contributed by atoms with Gasteiger partial charge in [0, 0.05) is 51.7 Å². The van der Waals surface area contributed by atoms with Crippen LogP contribution in [0, 0.1) is 13.8 Å². The number of nitrogens with one attached hydrogen (secondary N) is 4. The molecule has 4 rings (SSSR count). The van der Waals surface area contributed by atoms with E-state index in [1.54, 1.807) is 27.7 Å². The normalized spacial score (nSPS) is 16.9. The highest BCUT2D eigenvalue weighted by Gasteiger charge is 2.29. The molecule has 2 aliphatic heterocycles. The molecule has 2 aliphatic rings. The van der Waals surface area contributed by atoms with Gasteiger partial charge in [-0.2, -0.15) is 0 Å². The molecular weight excluding hydrogens is 548 g/mol. The monoisotopic (exact) mass is 588 g/mol. The first kappa shape index (κ1) is 31.3. The van der Waals surface area contributed by atoms with Gasteiger partial charge in [-0.05, 0) is 88.8 Å². The highest BCUT2D eigenvalue weighted by atomic mass is 16.5. The minimum atomic E-state index is -0.487. The summed E-state index contributed by atoms with van der Waals surface area (Å²) in [6, 6.07) is 0. The molecule has 4 N–H and O–H groups in total. The van der Waals surface area contributed by atoms with Gasteiger partial charge in [-0.1, -0.05) is 13.8 Å². The van der Waals surface area contributed by atoms with Gasteiger partial charge in [0.1, 0.15) is 0 Å². The van der Waals surface area contributed by atoms with Crippen molar-refractivity contribution in [1.29, 1.82) is 0 Å². The van der Waals surface area contributed by atoms with Gasteiger partial charge in [0.15, 0.2) is 0 Å². The zero-order valence-corrected chi connectivity index (χ0v) is 26.1. The number of amides is 2. The third kappa shape index (κ3) is 5.86. The average molecular weight is 589 g/mol. The molecule has 228 valence electrons. The van der Waals surface area contributed by atoms with Crippen molar-refractivity contribution in [3.05, 3.63) is 78.7 Å². The number of aromatic nitrogens is 2. The van der Waals surface area contributed by atoms with Crippen molar-refractivity contribution in [2.45, 2.75) is 74.7 Å². The Morgan fingerprint density at radius 1 is 0.651 bits per heavy atom. The predicted octanol–water partition coefficient (Wildman–Crippen LogP) is 5.30. The lowest BCUT2D eigenvalue weighted by atomic mass is 10.0. The van der Waals surface area contributed by atoms with E-state index in [0.29, 0.717) is 80.4 Å². The van der Waals surface area contributed by atoms with E-state index in [0.717, 1.165) is 11.1 Å². The largest absolute Gasteiger partial charge is 0.462 e. The summed E-state index contributed by atoms with van der Waals surface area (Å²) in [5, 5.41) is 5.83. The Kier molecular flexibility index (Phi) is 9.27. The van der Waals surface area contributed by atoms with Gasteiger partial charge in [0.2, 0.25) is 0 Å². The summed E-state index contributed by atoms with van der Waals surface area (Å²) in [6.07, 6.45) is 5.18. The molecule has 2 aromatic heterocycles. The van der Waals surface area contributed by atoms with E-state index in [4.69, 9.17) is 9.47 Å². The van der Waals surface area contributed by atoms with Crippen LogP contribution in [-0.4, -0.2) is 46.9 Å². The summed E-state index contributed by atoms with van der Waals surface area (Å²) in [6.45, 7) is 15.1. The SMILES string of the molecule is CCOC(=O)c1c(Cc2[nH]c(/C=C3/NC(=O)C(C)=C3CC)c(C)c2C(=O)OCC)[nH]c(/C=C2/NC(=O)C(C)=C2CC)c1C. The van der Waals surface area contributed by atoms with Crippen LogP contribution in [0.2, 0.25) is 0 Å². The molecule has 10 heteroatoms. The molecule has 0 saturated carbocycles. The lowest BCUT2D eigenvalue weighted by Gasteiger charge is -2.07. The molecule has 0 aliphatic carbocycles. The summed E-state index contributed by atoms with van der Waals surface area (Å²) in [5.74, 6) is -1.26. The van der Waals surface area contributed by atoms with Crippen LogP contribution < -0.4 is 10.6 Å². The highest BCUT2D eigenvalue weighted by Crippen LogP contribution is 2.32. The van der Waals surface area contributed by atoms with Gasteiger partial charge in [0.25, 0.3) is 11.8 Å². The minimum absolute atomic E-state index is 0.143. The van der Waals surface area contributed by atoms with Crippen molar-refractivity contribution in [3.8, 4) is 0 Å². The molecule has 0 bridgehead atoms. The first-order chi connectivity index (χ1) is 20.5. The maximum Gasteiger partial charge on any atom is 0.340 e. The lowest BCUT2D eigenvalue weighted by molar-refractivity contribution is -0.117. The second-order valence-corrected chi connectivity index (χ2v) is 10.6. The van der Waals surface area contributed by atoms with Crippen molar-refractivity contribution in [1.82, 2.24) is 20.6 Å². The van der Waals surface area contributed by atoms with Gasteiger partial charge in [0.05, 0.1) is 24.3 Å². The Morgan fingerprint density at radius 3 is 1.35 bits per heavy atom. The number of allylic oxidation sites excluding steroid dienone is 2. The van der Waals surface area contributed by atoms with Crippen molar-refractivity contribution in [2.24, 2.45) is 0 Å². The van der Waals surface area contributed by atoms with Gasteiger partial charge >= 0.3 is 11.9 Å². The number of carbonyl (C=O) groups is 4. The van der Waals surface area contributed by atoms with Crippen molar-refractivity contribution in [3.63, 3.8) is 0 Å². The maximum absolute atomic E-state index is 13.2. The van der Waals surface area contributed by atoms with Gasteiger partial charge in [-0.3, -0.25) is 9.59 Å². The van der Waals surface area contributed by atoms with Gasteiger partial charge < -0.3 is 30.1 Å². The zero-order chi connectivity index (χ0) is 31.6. The van der Waals surface area contributed by atoms with E-state index < -0.39 is 11.9 Å². The summed E-state index contributed by atoms with van der Waals surface area (Å²) < 4.78 is 10.8. The second kappa shape index (κ2) is 12.7. The number of esters is 2. The molecule has 0 saturated heterocycles. The van der Waals surface area contributed by atoms with Crippen molar-refractivity contribution >= 4 is 35.9 Å². The van der Waals surface area contributed by atoms with E-state index in [-0.39, 0.29) is 31.4 Å². The third-order valence-electron chi connectivity index (χ3n) is 8.06. The molecule has 43 heavy (non-hydrogen) atoms. The molecule has 0 aromatic carbocycles. The number of rotatable bonds is 10. The summed E-state index contributed by atoms with van der Waals surface area (Å²) >= 11 is 0. The van der Waals surface area contributed by atoms with Crippen LogP contribution in [0.4, 0.5) is 0 Å². The standard InChI is InChI=1S/C33H40N4O6/c1-9-20-16(5)30(38)36-24(20)13-22-18(7)28(32(40)42-11-3)26(34-22)15-27-29(33(41)43-12-4)19(8)23(35-27)14-25-21(10-2)17(6)31(39)37-25/h13-14,34-35H,9-12,15H2,1-8H3,(H,36,38)(H,37,39)/b24-13+,25-14+. The molecule has 0 spiro atoms. The summed E-state index contributed by atoms with van der Waals surface area (Å²) in [7, 11) is 0. The Balaban J connectivity index is 1.85. The van der Waals surface area contributed by atoms with E-state index in [2.05, 4.69) is 20.6 Å². The van der Waals surface area contributed by atoms with E-state index in [9.17, 15) is 19.2 Å². The fourth-order valence-electron chi connectivity index (χ4n) is 5.76. The first-order valence-electron chi connectivity index (χ1n) is 14.7. The average Bonchev–Trinajstić information content (AvgIpc) is 3.61. The fourth-order valence-corrected chi connectivity index (χ4v) is 5.76. The number of carbonyl (C=O) groups excluding carboxylic acids is 4. The number of aromatic amines is 2. The van der Waals surface area contributed by atoms with Crippen LogP contribution in [-0.2, 0) is 25.5 Å². The Labute approximate surface area is 251 Å². The lowest BCUT2D eigenvalue weighted by Crippen LogP contribution is -2.15. The summed E-state index contributed by atoms with van der Waals surface area (Å²) in [4.78, 5) is 57.8. The minimum Gasteiger partial charge on any atom is -0.462 e. The van der Waals surface area contributed by atoms with E-state index in [1.165, 1.54) is 0 Å². The van der Waals surface area contributed by atoms with Crippen LogP contribution in [0.25, 0.3) is 12.2 Å². The molecule has 0 fully saturated rings. The molecule has 10 nitrogen and oxygen atoms in total. The highest BCUT2D eigenvalue weighted by molar-refractivity contribution is 6.02. The summed E-state index contributed by atoms with van der Waals surface area (Å²) in [5.41, 5.74) is 9.00. The van der Waals surface area contributed by atoms with Crippen molar-refractivity contribution in [2.75, 3.05) is 13.2 Å². The van der Waals surface area contributed by atoms with Gasteiger partial charge in [-0.15, -0.1) is 0 Å². The number of hydrogen-bond donors (Lipinski definition) is 4. The molecule has 0 atom stereocenters. The Hall–Kier alpha value is -4.60. The first-order valence-corrected chi connectivity index (χ1v) is 14.7. The van der Waals surface area contributed by atoms with Crippen LogP contribution >= 0.6 is 0 Å².